The molecular weight excluding hydrogens is 515 g/mol. The third-order valence-electron chi connectivity index (χ3n) is 6.29. The average molecular weight is 535 g/mol. The quantitative estimate of drug-likeness (QED) is 0.247. The number of aliphatic hydroxyl groups excluding tert-OH is 1. The Labute approximate surface area is 221 Å². The fourth-order valence-electron chi connectivity index (χ4n) is 4.49. The number of carbonyl (C=O) groups is 3. The van der Waals surface area contributed by atoms with E-state index < -0.39 is 30.1 Å². The smallest absolute Gasteiger partial charge is 0.265 e. The van der Waals surface area contributed by atoms with Gasteiger partial charge in [-0.25, -0.2) is 4.90 Å². The number of hydrogen-bond acceptors (Lipinski definition) is 5. The first-order chi connectivity index (χ1) is 17.8. The zero-order valence-corrected chi connectivity index (χ0v) is 20.7. The molecule has 0 aromatic heterocycles. The first-order valence-corrected chi connectivity index (χ1v) is 12.1. The molecule has 3 N–H and O–H groups in total. The summed E-state index contributed by atoms with van der Waals surface area (Å²) in [6, 6.07) is 20.7. The van der Waals surface area contributed by atoms with E-state index in [0.29, 0.717) is 27.8 Å². The molecule has 0 aliphatic carbocycles. The second kappa shape index (κ2) is 9.95. The second-order valence-electron chi connectivity index (χ2n) is 8.62. The molecule has 9 heteroatoms. The predicted molar refractivity (Wildman–Crippen MR) is 141 cm³/mol. The fourth-order valence-corrected chi connectivity index (χ4v) is 5.06. The molecule has 0 unspecified atom stereocenters. The Kier molecular flexibility index (Phi) is 6.70. The maximum atomic E-state index is 13.2. The molecule has 0 radical (unpaired) electrons. The van der Waals surface area contributed by atoms with E-state index in [4.69, 9.17) is 23.2 Å². The van der Waals surface area contributed by atoms with Crippen LogP contribution in [0.1, 0.15) is 36.6 Å². The van der Waals surface area contributed by atoms with Crippen molar-refractivity contribution in [2.75, 3.05) is 4.90 Å². The molecule has 4 aromatic rings. The molecule has 1 aliphatic heterocycles. The molecule has 37 heavy (non-hydrogen) atoms. The summed E-state index contributed by atoms with van der Waals surface area (Å²) in [7, 11) is 0. The molecule has 1 aliphatic rings. The van der Waals surface area contributed by atoms with Crippen molar-refractivity contribution >= 4 is 57.4 Å². The van der Waals surface area contributed by atoms with Crippen LogP contribution in [0.15, 0.2) is 78.9 Å². The lowest BCUT2D eigenvalue weighted by atomic mass is 9.93. The summed E-state index contributed by atoms with van der Waals surface area (Å²) in [6.45, 7) is 0. The monoisotopic (exact) mass is 534 g/mol. The minimum absolute atomic E-state index is 0.0317. The maximum Gasteiger partial charge on any atom is 0.265 e. The van der Waals surface area contributed by atoms with Gasteiger partial charge in [-0.2, -0.15) is 0 Å². The summed E-state index contributed by atoms with van der Waals surface area (Å²) in [5.74, 6) is -1.49. The number of amides is 3. The van der Waals surface area contributed by atoms with Gasteiger partial charge in [-0.15, -0.1) is 0 Å². The molecule has 3 amide bonds. The van der Waals surface area contributed by atoms with Crippen molar-refractivity contribution in [1.29, 1.82) is 0 Å². The van der Waals surface area contributed by atoms with Gasteiger partial charge in [-0.1, -0.05) is 65.7 Å². The molecule has 0 bridgehead atoms. The summed E-state index contributed by atoms with van der Waals surface area (Å²) in [5, 5.41) is 24.0. The zero-order valence-electron chi connectivity index (χ0n) is 19.2. The van der Waals surface area contributed by atoms with Crippen molar-refractivity contribution in [2.24, 2.45) is 0 Å². The molecule has 4 aromatic carbocycles. The molecule has 186 valence electrons. The molecular formula is C28H20Cl2N2O5. The minimum Gasteiger partial charge on any atom is -0.366 e. The molecule has 1 atom stereocenters. The van der Waals surface area contributed by atoms with Crippen molar-refractivity contribution < 1.29 is 24.6 Å². The van der Waals surface area contributed by atoms with E-state index in [1.165, 1.54) is 12.1 Å². The van der Waals surface area contributed by atoms with E-state index in [0.717, 1.165) is 10.3 Å². The Bertz CT molecular complexity index is 1480. The number of carbonyl (C=O) groups excluding carboxylic acids is 3. The largest absolute Gasteiger partial charge is 0.366 e. The Morgan fingerprint density at radius 1 is 0.811 bits per heavy atom. The van der Waals surface area contributed by atoms with Crippen molar-refractivity contribution in [3.05, 3.63) is 111 Å². The van der Waals surface area contributed by atoms with Crippen LogP contribution in [-0.2, 0) is 6.42 Å². The number of hydrogen-bond donors (Lipinski definition) is 3. The van der Waals surface area contributed by atoms with Crippen molar-refractivity contribution in [1.82, 2.24) is 5.32 Å². The van der Waals surface area contributed by atoms with Crippen LogP contribution in [0.25, 0.3) is 10.8 Å². The van der Waals surface area contributed by atoms with Crippen LogP contribution >= 0.6 is 23.2 Å². The molecule has 0 fully saturated rings. The van der Waals surface area contributed by atoms with Gasteiger partial charge in [0.05, 0.1) is 27.3 Å². The van der Waals surface area contributed by atoms with Gasteiger partial charge in [0, 0.05) is 16.5 Å². The SMILES string of the molecule is O=C(N[C@@H](Cc1ccc(N2C(=O)c3cccc4cccc(c34)C2=O)cc1)C(O)O)c1c(Cl)cccc1Cl. The van der Waals surface area contributed by atoms with Crippen LogP contribution in [0.2, 0.25) is 10.0 Å². The molecule has 0 saturated carbocycles. The summed E-state index contributed by atoms with van der Waals surface area (Å²) in [6.07, 6.45) is -1.82. The third kappa shape index (κ3) is 4.58. The Morgan fingerprint density at radius 2 is 1.35 bits per heavy atom. The summed E-state index contributed by atoms with van der Waals surface area (Å²) < 4.78 is 0. The van der Waals surface area contributed by atoms with Crippen LogP contribution in [0.4, 0.5) is 5.69 Å². The van der Waals surface area contributed by atoms with Gasteiger partial charge >= 0.3 is 0 Å². The van der Waals surface area contributed by atoms with Crippen LogP contribution < -0.4 is 10.2 Å². The first kappa shape index (κ1) is 24.9. The van der Waals surface area contributed by atoms with Crippen LogP contribution in [0.5, 0.6) is 0 Å². The number of imide groups is 1. The lowest BCUT2D eigenvalue weighted by Gasteiger charge is -2.27. The normalized spacial score (nSPS) is 13.8. The topological polar surface area (TPSA) is 107 Å². The highest BCUT2D eigenvalue weighted by atomic mass is 35.5. The first-order valence-electron chi connectivity index (χ1n) is 11.4. The number of benzene rings is 4. The molecule has 7 nitrogen and oxygen atoms in total. The van der Waals surface area contributed by atoms with E-state index in [1.54, 1.807) is 54.6 Å². The Morgan fingerprint density at radius 3 is 1.89 bits per heavy atom. The molecule has 0 saturated heterocycles. The number of anilines is 1. The highest BCUT2D eigenvalue weighted by Crippen LogP contribution is 2.33. The molecule has 1 heterocycles. The second-order valence-corrected chi connectivity index (χ2v) is 9.43. The van der Waals surface area contributed by atoms with Gasteiger partial charge in [0.2, 0.25) is 0 Å². The number of halogens is 2. The number of nitrogens with one attached hydrogen (secondary N) is 1. The van der Waals surface area contributed by atoms with Crippen molar-refractivity contribution in [2.45, 2.75) is 18.8 Å². The predicted octanol–water partition coefficient (Wildman–Crippen LogP) is 4.60. The van der Waals surface area contributed by atoms with Gasteiger partial charge in [0.25, 0.3) is 17.7 Å². The Balaban J connectivity index is 1.37. The van der Waals surface area contributed by atoms with E-state index in [-0.39, 0.29) is 22.0 Å². The van der Waals surface area contributed by atoms with Gasteiger partial charge in [-0.05, 0) is 53.8 Å². The minimum atomic E-state index is -1.87. The Hall–Kier alpha value is -3.75. The highest BCUT2D eigenvalue weighted by Gasteiger charge is 2.33. The standard InChI is InChI=1S/C28H20Cl2N2O5/c29-20-8-3-9-21(30)24(20)25(33)31-22(28(36)37)14-15-10-12-17(13-11-15)32-26(34)18-6-1-4-16-5-2-7-19(23(16)18)27(32)35/h1-13,22,28,36-37H,14H2,(H,31,33)/t22-/m0/s1. The summed E-state index contributed by atoms with van der Waals surface area (Å²) in [4.78, 5) is 40.3. The lowest BCUT2D eigenvalue weighted by molar-refractivity contribution is -0.0647. The lowest BCUT2D eigenvalue weighted by Crippen LogP contribution is -2.45. The summed E-state index contributed by atoms with van der Waals surface area (Å²) in [5.41, 5.74) is 1.93. The zero-order chi connectivity index (χ0) is 26.3. The van der Waals surface area contributed by atoms with Crippen molar-refractivity contribution in [3.63, 3.8) is 0 Å². The molecule has 0 spiro atoms. The van der Waals surface area contributed by atoms with Gasteiger partial charge in [0.15, 0.2) is 6.29 Å². The van der Waals surface area contributed by atoms with E-state index in [2.05, 4.69) is 5.32 Å². The highest BCUT2D eigenvalue weighted by molar-refractivity contribution is 6.39. The van der Waals surface area contributed by atoms with E-state index >= 15 is 0 Å². The fraction of sp³-hybridized carbons (Fsp3) is 0.107. The van der Waals surface area contributed by atoms with Crippen LogP contribution in [0.3, 0.4) is 0 Å². The van der Waals surface area contributed by atoms with E-state index in [1.807, 2.05) is 12.1 Å². The number of aliphatic hydroxyl groups is 2. The van der Waals surface area contributed by atoms with Gasteiger partial charge in [0.1, 0.15) is 0 Å². The third-order valence-corrected chi connectivity index (χ3v) is 6.92. The van der Waals surface area contributed by atoms with Gasteiger partial charge < -0.3 is 15.5 Å². The van der Waals surface area contributed by atoms with Crippen molar-refractivity contribution in [3.8, 4) is 0 Å². The van der Waals surface area contributed by atoms with Crippen LogP contribution in [0, 0.1) is 0 Å². The van der Waals surface area contributed by atoms with E-state index in [9.17, 15) is 24.6 Å². The molecule has 5 rings (SSSR count). The average Bonchev–Trinajstić information content (AvgIpc) is 2.87. The maximum absolute atomic E-state index is 13.2. The number of nitrogens with zero attached hydrogens (tertiary/aromatic N) is 1. The van der Waals surface area contributed by atoms with Gasteiger partial charge in [-0.3, -0.25) is 14.4 Å². The number of rotatable bonds is 6. The van der Waals surface area contributed by atoms with Crippen LogP contribution in [-0.4, -0.2) is 40.3 Å². The summed E-state index contributed by atoms with van der Waals surface area (Å²) >= 11 is 12.2.